The second kappa shape index (κ2) is 7.40. The molecule has 1 aromatic heterocycles. The van der Waals surface area contributed by atoms with Gasteiger partial charge in [0.1, 0.15) is 11.6 Å². The van der Waals surface area contributed by atoms with Crippen LogP contribution in [0, 0.1) is 12.7 Å². The van der Waals surface area contributed by atoms with Gasteiger partial charge < -0.3 is 10.6 Å². The molecule has 0 aliphatic rings. The predicted molar refractivity (Wildman–Crippen MR) is 97.9 cm³/mol. The maximum Gasteiger partial charge on any atom is 0.229 e. The first-order valence-electron chi connectivity index (χ1n) is 7.45. The van der Waals surface area contributed by atoms with Crippen LogP contribution in [0.4, 0.5) is 21.8 Å². The second-order valence-corrected chi connectivity index (χ2v) is 6.25. The number of aryl methyl sites for hydroxylation is 1. The van der Waals surface area contributed by atoms with E-state index in [1.165, 1.54) is 12.1 Å². The Labute approximate surface area is 148 Å². The zero-order chi connectivity index (χ0) is 16.9. The fourth-order valence-corrected chi connectivity index (χ4v) is 2.68. The number of benzene rings is 2. The van der Waals surface area contributed by atoms with Gasteiger partial charge in [-0.2, -0.15) is 4.98 Å². The van der Waals surface area contributed by atoms with Crippen LogP contribution in [-0.4, -0.2) is 9.97 Å². The minimum absolute atomic E-state index is 0.239. The van der Waals surface area contributed by atoms with Crippen molar-refractivity contribution in [1.82, 2.24) is 9.97 Å². The van der Waals surface area contributed by atoms with Gasteiger partial charge in [-0.1, -0.05) is 28.1 Å². The summed E-state index contributed by atoms with van der Waals surface area (Å²) in [7, 11) is 0. The van der Waals surface area contributed by atoms with E-state index in [0.29, 0.717) is 18.3 Å². The molecule has 24 heavy (non-hydrogen) atoms. The number of nitrogens with one attached hydrogen (secondary N) is 2. The van der Waals surface area contributed by atoms with Crippen LogP contribution in [0.3, 0.4) is 0 Å². The highest BCUT2D eigenvalue weighted by atomic mass is 79.9. The number of halogens is 2. The molecule has 0 aliphatic carbocycles. The normalized spacial score (nSPS) is 10.5. The van der Waals surface area contributed by atoms with Crippen molar-refractivity contribution in [2.45, 2.75) is 13.5 Å². The molecule has 0 radical (unpaired) electrons. The lowest BCUT2D eigenvalue weighted by Crippen LogP contribution is -2.04. The average Bonchev–Trinajstić information content (AvgIpc) is 2.57. The Morgan fingerprint density at radius 2 is 1.88 bits per heavy atom. The number of anilines is 3. The molecule has 6 heteroatoms. The van der Waals surface area contributed by atoms with Crippen LogP contribution in [0.5, 0.6) is 0 Å². The van der Waals surface area contributed by atoms with Gasteiger partial charge >= 0.3 is 0 Å². The summed E-state index contributed by atoms with van der Waals surface area (Å²) in [5.41, 5.74) is 3.03. The molecule has 0 spiro atoms. The first-order valence-corrected chi connectivity index (χ1v) is 8.24. The highest BCUT2D eigenvalue weighted by molar-refractivity contribution is 9.10. The third-order valence-electron chi connectivity index (χ3n) is 3.48. The van der Waals surface area contributed by atoms with E-state index in [4.69, 9.17) is 0 Å². The third-order valence-corrected chi connectivity index (χ3v) is 3.97. The molecule has 2 N–H and O–H groups in total. The highest BCUT2D eigenvalue weighted by Gasteiger charge is 2.03. The average molecular weight is 387 g/mol. The molecule has 122 valence electrons. The van der Waals surface area contributed by atoms with Crippen molar-refractivity contribution < 1.29 is 4.39 Å². The molecule has 4 nitrogen and oxygen atoms in total. The van der Waals surface area contributed by atoms with Crippen molar-refractivity contribution in [2.75, 3.05) is 10.6 Å². The number of rotatable bonds is 5. The van der Waals surface area contributed by atoms with Gasteiger partial charge in [-0.15, -0.1) is 0 Å². The molecule has 0 unspecified atom stereocenters. The number of hydrogen-bond acceptors (Lipinski definition) is 4. The van der Waals surface area contributed by atoms with E-state index in [-0.39, 0.29) is 5.82 Å². The standard InChI is InChI=1S/C18H16BrFN4/c1-12-10-14(19)4-7-16(12)23-18-21-9-8-17(24-18)22-11-13-2-5-15(20)6-3-13/h2-10H,11H2,1H3,(H2,21,22,23,24). The maximum absolute atomic E-state index is 12.9. The summed E-state index contributed by atoms with van der Waals surface area (Å²) in [6, 6.07) is 14.1. The summed E-state index contributed by atoms with van der Waals surface area (Å²) in [5, 5.41) is 6.42. The number of nitrogens with zero attached hydrogens (tertiary/aromatic N) is 2. The Balaban J connectivity index is 1.68. The van der Waals surface area contributed by atoms with E-state index in [1.807, 2.05) is 25.1 Å². The SMILES string of the molecule is Cc1cc(Br)ccc1Nc1nccc(NCc2ccc(F)cc2)n1. The maximum atomic E-state index is 12.9. The van der Waals surface area contributed by atoms with Crippen molar-refractivity contribution in [3.63, 3.8) is 0 Å². The molecule has 0 aliphatic heterocycles. The van der Waals surface area contributed by atoms with Crippen LogP contribution in [0.2, 0.25) is 0 Å². The van der Waals surface area contributed by atoms with Crippen molar-refractivity contribution in [2.24, 2.45) is 0 Å². The summed E-state index contributed by atoms with van der Waals surface area (Å²) >= 11 is 3.45. The van der Waals surface area contributed by atoms with Crippen molar-refractivity contribution in [3.05, 3.63) is 76.1 Å². The number of aromatic nitrogens is 2. The van der Waals surface area contributed by atoms with Gasteiger partial charge in [0.05, 0.1) is 0 Å². The molecule has 2 aromatic carbocycles. The highest BCUT2D eigenvalue weighted by Crippen LogP contribution is 2.22. The quantitative estimate of drug-likeness (QED) is 0.644. The summed E-state index contributed by atoms with van der Waals surface area (Å²) < 4.78 is 13.9. The first-order chi connectivity index (χ1) is 11.6. The monoisotopic (exact) mass is 386 g/mol. The van der Waals surface area contributed by atoms with Gasteiger partial charge in [0, 0.05) is 22.9 Å². The smallest absolute Gasteiger partial charge is 0.229 e. The fourth-order valence-electron chi connectivity index (χ4n) is 2.20. The molecular weight excluding hydrogens is 371 g/mol. The summed E-state index contributed by atoms with van der Waals surface area (Å²) in [6.07, 6.45) is 1.69. The summed E-state index contributed by atoms with van der Waals surface area (Å²) in [4.78, 5) is 8.69. The predicted octanol–water partition coefficient (Wildman–Crippen LogP) is 5.04. The van der Waals surface area contributed by atoms with Gasteiger partial charge in [-0.25, -0.2) is 9.37 Å². The van der Waals surface area contributed by atoms with Crippen LogP contribution in [-0.2, 0) is 6.54 Å². The Bertz CT molecular complexity index is 837. The van der Waals surface area contributed by atoms with Gasteiger partial charge in [0.2, 0.25) is 5.95 Å². The van der Waals surface area contributed by atoms with Gasteiger partial charge in [0.15, 0.2) is 0 Å². The molecule has 0 atom stereocenters. The third kappa shape index (κ3) is 4.29. The number of hydrogen-bond donors (Lipinski definition) is 2. The van der Waals surface area contributed by atoms with E-state index >= 15 is 0 Å². The Morgan fingerprint density at radius 1 is 1.08 bits per heavy atom. The molecule has 1 heterocycles. The summed E-state index contributed by atoms with van der Waals surface area (Å²) in [5.74, 6) is 0.980. The van der Waals surface area contributed by atoms with Crippen LogP contribution >= 0.6 is 15.9 Å². The van der Waals surface area contributed by atoms with Crippen LogP contribution in [0.25, 0.3) is 0 Å². The zero-order valence-corrected chi connectivity index (χ0v) is 14.6. The minimum Gasteiger partial charge on any atom is -0.366 e. The van der Waals surface area contributed by atoms with Crippen molar-refractivity contribution in [3.8, 4) is 0 Å². The first kappa shape index (κ1) is 16.4. The van der Waals surface area contributed by atoms with Crippen molar-refractivity contribution >= 4 is 33.4 Å². The second-order valence-electron chi connectivity index (χ2n) is 5.33. The zero-order valence-electron chi connectivity index (χ0n) is 13.1. The Kier molecular flexibility index (Phi) is 5.05. The van der Waals surface area contributed by atoms with E-state index in [9.17, 15) is 4.39 Å². The van der Waals surface area contributed by atoms with Gasteiger partial charge in [-0.3, -0.25) is 0 Å². The van der Waals surface area contributed by atoms with Gasteiger partial charge in [-0.05, 0) is 54.4 Å². The summed E-state index contributed by atoms with van der Waals surface area (Å²) in [6.45, 7) is 2.58. The Morgan fingerprint density at radius 3 is 2.62 bits per heavy atom. The van der Waals surface area contributed by atoms with Crippen LogP contribution in [0.1, 0.15) is 11.1 Å². The van der Waals surface area contributed by atoms with E-state index in [2.05, 4.69) is 36.5 Å². The van der Waals surface area contributed by atoms with E-state index < -0.39 is 0 Å². The molecule has 0 saturated heterocycles. The fraction of sp³-hybridized carbons (Fsp3) is 0.111. The lowest BCUT2D eigenvalue weighted by Gasteiger charge is -2.10. The largest absolute Gasteiger partial charge is 0.366 e. The van der Waals surface area contributed by atoms with Gasteiger partial charge in [0.25, 0.3) is 0 Å². The molecule has 0 amide bonds. The molecule has 3 rings (SSSR count). The molecule has 0 bridgehead atoms. The lowest BCUT2D eigenvalue weighted by atomic mass is 10.2. The topological polar surface area (TPSA) is 49.8 Å². The minimum atomic E-state index is -0.239. The van der Waals surface area contributed by atoms with E-state index in [1.54, 1.807) is 24.4 Å². The van der Waals surface area contributed by atoms with Crippen LogP contribution in [0.15, 0.2) is 59.2 Å². The Hall–Kier alpha value is -2.47. The molecule has 0 fully saturated rings. The molecule has 3 aromatic rings. The molecular formula is C18H16BrFN4. The molecule has 0 saturated carbocycles. The van der Waals surface area contributed by atoms with Crippen molar-refractivity contribution in [1.29, 1.82) is 0 Å². The van der Waals surface area contributed by atoms with Crippen LogP contribution < -0.4 is 10.6 Å². The van der Waals surface area contributed by atoms with E-state index in [0.717, 1.165) is 21.3 Å². The lowest BCUT2D eigenvalue weighted by molar-refractivity contribution is 0.627.